The van der Waals surface area contributed by atoms with Gasteiger partial charge in [-0.2, -0.15) is 0 Å². The van der Waals surface area contributed by atoms with Crippen LogP contribution in [0.3, 0.4) is 0 Å². The van der Waals surface area contributed by atoms with E-state index in [1.807, 2.05) is 20.8 Å². The van der Waals surface area contributed by atoms with Crippen LogP contribution >= 0.6 is 0 Å². The van der Waals surface area contributed by atoms with E-state index in [4.69, 9.17) is 0 Å². The molecule has 1 unspecified atom stereocenters. The number of piperazine rings is 1. The Balaban J connectivity index is 2.71. The van der Waals surface area contributed by atoms with Gasteiger partial charge in [0.2, 0.25) is 5.91 Å². The Bertz CT molecular complexity index is 298. The van der Waals surface area contributed by atoms with E-state index in [-0.39, 0.29) is 17.5 Å². The van der Waals surface area contributed by atoms with Crippen molar-refractivity contribution in [2.24, 2.45) is 0 Å². The highest BCUT2D eigenvalue weighted by molar-refractivity contribution is 5.87. The molecule has 6 heteroatoms. The molecule has 1 aliphatic heterocycles. The third kappa shape index (κ3) is 3.89. The third-order valence-corrected chi connectivity index (χ3v) is 2.54. The molecule has 0 saturated carbocycles. The molecule has 1 fully saturated rings. The summed E-state index contributed by atoms with van der Waals surface area (Å²) in [7, 11) is 1.58. The van der Waals surface area contributed by atoms with Crippen molar-refractivity contribution in [2.45, 2.75) is 32.4 Å². The fourth-order valence-corrected chi connectivity index (χ4v) is 1.74. The summed E-state index contributed by atoms with van der Waals surface area (Å²) >= 11 is 0. The average Bonchev–Trinajstić information content (AvgIpc) is 2.25. The van der Waals surface area contributed by atoms with E-state index in [1.54, 1.807) is 11.9 Å². The lowest BCUT2D eigenvalue weighted by atomic mass is 10.1. The summed E-state index contributed by atoms with van der Waals surface area (Å²) < 4.78 is 0. The number of carbonyl (C=O) groups is 2. The zero-order valence-electron chi connectivity index (χ0n) is 11.0. The first-order valence-corrected chi connectivity index (χ1v) is 5.86. The van der Waals surface area contributed by atoms with E-state index >= 15 is 0 Å². The summed E-state index contributed by atoms with van der Waals surface area (Å²) in [6.45, 7) is 7.51. The van der Waals surface area contributed by atoms with Gasteiger partial charge in [-0.1, -0.05) is 0 Å². The minimum absolute atomic E-state index is 0.138. The number of likely N-dealkylation sites (N-methyl/N-ethyl adjacent to an activating group) is 1. The Labute approximate surface area is 102 Å². The number of nitrogens with zero attached hydrogens (tertiary/aromatic N) is 1. The van der Waals surface area contributed by atoms with Gasteiger partial charge in [-0.15, -0.1) is 0 Å². The van der Waals surface area contributed by atoms with Gasteiger partial charge in [-0.3, -0.25) is 4.79 Å². The summed E-state index contributed by atoms with van der Waals surface area (Å²) in [6, 6.07) is -0.622. The van der Waals surface area contributed by atoms with Crippen LogP contribution in [0.15, 0.2) is 0 Å². The van der Waals surface area contributed by atoms with Crippen LogP contribution in [0.5, 0.6) is 0 Å². The largest absolute Gasteiger partial charge is 0.357 e. The standard InChI is InChI=1S/C11H22N4O2/c1-11(2,3)14-10(17)15-6-5-13-7-8(15)9(16)12-4/h8,13H,5-7H2,1-4H3,(H,12,16)(H,14,17). The maximum atomic E-state index is 12.1. The van der Waals surface area contributed by atoms with Crippen molar-refractivity contribution in [1.82, 2.24) is 20.9 Å². The van der Waals surface area contributed by atoms with Gasteiger partial charge in [0.25, 0.3) is 0 Å². The minimum Gasteiger partial charge on any atom is -0.357 e. The van der Waals surface area contributed by atoms with Gasteiger partial charge < -0.3 is 20.9 Å². The van der Waals surface area contributed by atoms with Crippen molar-refractivity contribution in [3.63, 3.8) is 0 Å². The Morgan fingerprint density at radius 2 is 2.00 bits per heavy atom. The minimum atomic E-state index is -0.434. The second-order valence-electron chi connectivity index (χ2n) is 5.21. The van der Waals surface area contributed by atoms with Crippen LogP contribution in [-0.4, -0.2) is 55.1 Å². The highest BCUT2D eigenvalue weighted by atomic mass is 16.2. The first-order chi connectivity index (χ1) is 7.85. The first-order valence-electron chi connectivity index (χ1n) is 5.86. The van der Waals surface area contributed by atoms with E-state index in [0.717, 1.165) is 0 Å². The van der Waals surface area contributed by atoms with E-state index < -0.39 is 6.04 Å². The van der Waals surface area contributed by atoms with Crippen LogP contribution < -0.4 is 16.0 Å². The predicted octanol–water partition coefficient (Wildman–Crippen LogP) is -0.486. The number of hydrogen-bond acceptors (Lipinski definition) is 3. The van der Waals surface area contributed by atoms with E-state index in [2.05, 4.69) is 16.0 Å². The smallest absolute Gasteiger partial charge is 0.318 e. The molecule has 6 nitrogen and oxygen atoms in total. The molecule has 3 N–H and O–H groups in total. The normalized spacial score (nSPS) is 20.9. The molecule has 0 radical (unpaired) electrons. The molecule has 1 saturated heterocycles. The fraction of sp³-hybridized carbons (Fsp3) is 0.818. The molecule has 0 bridgehead atoms. The number of rotatable bonds is 1. The molecular formula is C11H22N4O2. The SMILES string of the molecule is CNC(=O)C1CNCCN1C(=O)NC(C)(C)C. The van der Waals surface area contributed by atoms with Crippen molar-refractivity contribution in [3.05, 3.63) is 0 Å². The first kappa shape index (κ1) is 13.8. The second-order valence-corrected chi connectivity index (χ2v) is 5.21. The lowest BCUT2D eigenvalue weighted by molar-refractivity contribution is -0.125. The van der Waals surface area contributed by atoms with Gasteiger partial charge in [0.15, 0.2) is 0 Å². The van der Waals surface area contributed by atoms with Crippen LogP contribution in [-0.2, 0) is 4.79 Å². The van der Waals surface area contributed by atoms with Crippen molar-refractivity contribution in [1.29, 1.82) is 0 Å². The molecule has 1 atom stereocenters. The van der Waals surface area contributed by atoms with E-state index in [1.165, 1.54) is 0 Å². The quantitative estimate of drug-likeness (QED) is 0.581. The Morgan fingerprint density at radius 3 is 2.53 bits per heavy atom. The fourth-order valence-electron chi connectivity index (χ4n) is 1.74. The molecule has 0 aromatic heterocycles. The molecule has 3 amide bonds. The van der Waals surface area contributed by atoms with E-state index in [0.29, 0.717) is 19.6 Å². The lowest BCUT2D eigenvalue weighted by Crippen LogP contribution is -2.62. The predicted molar refractivity (Wildman–Crippen MR) is 65.7 cm³/mol. The molecule has 0 spiro atoms. The van der Waals surface area contributed by atoms with Gasteiger partial charge in [-0.25, -0.2) is 4.79 Å². The zero-order valence-corrected chi connectivity index (χ0v) is 11.0. The monoisotopic (exact) mass is 242 g/mol. The zero-order chi connectivity index (χ0) is 13.1. The molecule has 1 heterocycles. The highest BCUT2D eigenvalue weighted by Gasteiger charge is 2.32. The molecule has 0 aromatic rings. The van der Waals surface area contributed by atoms with Crippen molar-refractivity contribution in [3.8, 4) is 0 Å². The number of urea groups is 1. The summed E-state index contributed by atoms with van der Waals surface area (Å²) in [4.78, 5) is 25.3. The highest BCUT2D eigenvalue weighted by Crippen LogP contribution is 2.07. The maximum absolute atomic E-state index is 12.1. The molecule has 98 valence electrons. The van der Waals surface area contributed by atoms with Crippen LogP contribution in [0.25, 0.3) is 0 Å². The second kappa shape index (κ2) is 5.35. The number of hydrogen-bond donors (Lipinski definition) is 3. The number of amides is 3. The summed E-state index contributed by atoms with van der Waals surface area (Å²) in [5.74, 6) is -0.138. The van der Waals surface area contributed by atoms with Gasteiger partial charge in [-0.05, 0) is 20.8 Å². The lowest BCUT2D eigenvalue weighted by Gasteiger charge is -2.36. The summed E-state index contributed by atoms with van der Waals surface area (Å²) in [5, 5.41) is 8.57. The number of carbonyl (C=O) groups excluding carboxylic acids is 2. The van der Waals surface area contributed by atoms with Crippen molar-refractivity contribution < 1.29 is 9.59 Å². The molecule has 0 aromatic carbocycles. The van der Waals surface area contributed by atoms with Crippen molar-refractivity contribution in [2.75, 3.05) is 26.7 Å². The van der Waals surface area contributed by atoms with Gasteiger partial charge in [0, 0.05) is 32.2 Å². The van der Waals surface area contributed by atoms with Gasteiger partial charge >= 0.3 is 6.03 Å². The number of nitrogens with one attached hydrogen (secondary N) is 3. The third-order valence-electron chi connectivity index (χ3n) is 2.54. The van der Waals surface area contributed by atoms with Crippen LogP contribution in [0.1, 0.15) is 20.8 Å². The Hall–Kier alpha value is -1.30. The average molecular weight is 242 g/mol. The Kier molecular flexibility index (Phi) is 4.34. The van der Waals surface area contributed by atoms with Crippen LogP contribution in [0.4, 0.5) is 4.79 Å². The van der Waals surface area contributed by atoms with E-state index in [9.17, 15) is 9.59 Å². The Morgan fingerprint density at radius 1 is 1.35 bits per heavy atom. The topological polar surface area (TPSA) is 73.5 Å². The molecule has 1 rings (SSSR count). The molecule has 1 aliphatic rings. The molecular weight excluding hydrogens is 220 g/mol. The summed E-state index contributed by atoms with van der Waals surface area (Å²) in [5.41, 5.74) is -0.296. The molecule has 17 heavy (non-hydrogen) atoms. The van der Waals surface area contributed by atoms with Gasteiger partial charge in [0.05, 0.1) is 0 Å². The van der Waals surface area contributed by atoms with Crippen LogP contribution in [0.2, 0.25) is 0 Å². The maximum Gasteiger partial charge on any atom is 0.318 e. The van der Waals surface area contributed by atoms with Gasteiger partial charge in [0.1, 0.15) is 6.04 Å². The summed E-state index contributed by atoms with van der Waals surface area (Å²) in [6.07, 6.45) is 0. The van der Waals surface area contributed by atoms with Crippen LogP contribution in [0, 0.1) is 0 Å². The molecule has 0 aliphatic carbocycles. The van der Waals surface area contributed by atoms with Crippen molar-refractivity contribution >= 4 is 11.9 Å².